The van der Waals surface area contributed by atoms with Crippen LogP contribution in [0.5, 0.6) is 0 Å². The molecule has 0 aromatic heterocycles. The molecule has 0 saturated heterocycles. The van der Waals surface area contributed by atoms with Gasteiger partial charge in [0.1, 0.15) is 0 Å². The van der Waals surface area contributed by atoms with E-state index in [1.54, 1.807) is 14.2 Å². The van der Waals surface area contributed by atoms with Crippen LogP contribution in [0.25, 0.3) is 0 Å². The second kappa shape index (κ2) is 10.4. The van der Waals surface area contributed by atoms with E-state index in [2.05, 4.69) is 61.9 Å². The fourth-order valence-electron chi connectivity index (χ4n) is 1.85. The fourth-order valence-corrected chi connectivity index (χ4v) is 5.38. The third-order valence-corrected chi connectivity index (χ3v) is 5.96. The topological polar surface area (TPSA) is 66.6 Å². The van der Waals surface area contributed by atoms with Gasteiger partial charge >= 0.3 is 7.87 Å². The van der Waals surface area contributed by atoms with Crippen molar-refractivity contribution in [2.24, 2.45) is 0 Å². The molecule has 6 nitrogen and oxygen atoms in total. The first-order chi connectivity index (χ1) is 9.08. The van der Waals surface area contributed by atoms with Gasteiger partial charge in [-0.3, -0.25) is 0 Å². The van der Waals surface area contributed by atoms with Crippen molar-refractivity contribution in [3.05, 3.63) is 0 Å². The van der Waals surface area contributed by atoms with Gasteiger partial charge in [0, 0.05) is 39.3 Å². The van der Waals surface area contributed by atoms with Crippen molar-refractivity contribution in [2.75, 3.05) is 14.2 Å². The first-order valence-electron chi connectivity index (χ1n) is 7.20. The van der Waals surface area contributed by atoms with Gasteiger partial charge in [-0.15, -0.1) is 15.3 Å². The molecule has 0 aliphatic rings. The van der Waals surface area contributed by atoms with Crippen LogP contribution in [0, 0.1) is 0 Å². The van der Waals surface area contributed by atoms with Crippen LogP contribution < -0.4 is 37.3 Å². The third kappa shape index (κ3) is 9.41. The maximum atomic E-state index is 5.46. The Morgan fingerprint density at radius 3 is 1.24 bits per heavy atom. The molecule has 0 unspecified atom stereocenters. The average molecular weight is 389 g/mol. The first-order valence-corrected chi connectivity index (χ1v) is 8.99. The number of nitrogens with one attached hydrogen (secondary N) is 4. The molecule has 0 amide bonds. The van der Waals surface area contributed by atoms with Crippen LogP contribution in [0.4, 0.5) is 0 Å². The van der Waals surface area contributed by atoms with Crippen LogP contribution in [0.3, 0.4) is 0 Å². The summed E-state index contributed by atoms with van der Waals surface area (Å²) >= 11 is 0. The van der Waals surface area contributed by atoms with Crippen LogP contribution in [-0.2, 0) is 9.47 Å². The van der Waals surface area contributed by atoms with Gasteiger partial charge in [-0.25, -0.2) is 0 Å². The minimum Gasteiger partial charge on any atom is -1.00 e. The van der Waals surface area contributed by atoms with Crippen molar-refractivity contribution in [3.8, 4) is 0 Å². The molecule has 0 heterocycles. The van der Waals surface area contributed by atoms with E-state index >= 15 is 0 Å². The predicted octanol–water partition coefficient (Wildman–Crippen LogP) is -0.782. The summed E-state index contributed by atoms with van der Waals surface area (Å²) in [4.78, 5) is 0. The first kappa shape index (κ1) is 23.9. The molecule has 4 N–H and O–H groups in total. The number of hydrogen-bond acceptors (Lipinski definition) is 6. The highest BCUT2D eigenvalue weighted by molar-refractivity contribution is 7.68. The van der Waals surface area contributed by atoms with Gasteiger partial charge in [0.25, 0.3) is 5.91 Å². The van der Waals surface area contributed by atoms with Gasteiger partial charge in [0.15, 0.2) is 0 Å². The molecule has 0 saturated carbocycles. The number of hydrogen-bond donors (Lipinski definition) is 4. The Labute approximate surface area is 141 Å². The van der Waals surface area contributed by atoms with Gasteiger partial charge < -0.3 is 26.5 Å². The lowest BCUT2D eigenvalue weighted by molar-refractivity contribution is -0.201. The molecule has 0 aromatic rings. The summed E-state index contributed by atoms with van der Waals surface area (Å²) in [6.45, 7) is 14.6. The molecule has 0 bridgehead atoms. The Hall–Kier alpha value is 0.670. The summed E-state index contributed by atoms with van der Waals surface area (Å²) < 4.78 is 10.9. The van der Waals surface area contributed by atoms with Crippen LogP contribution >= 0.6 is 7.87 Å². The molecule has 0 rings (SSSR count). The van der Waals surface area contributed by atoms with Crippen molar-refractivity contribution in [1.82, 2.24) is 20.3 Å². The minimum absolute atomic E-state index is 0. The smallest absolute Gasteiger partial charge is 0.303 e. The third-order valence-electron chi connectivity index (χ3n) is 2.51. The molecule has 8 heteroatoms. The normalized spacial score (nSPS) is 13.1. The molecule has 21 heavy (non-hydrogen) atoms. The molecule has 0 aliphatic carbocycles. The van der Waals surface area contributed by atoms with Gasteiger partial charge in [0.05, 0.1) is 0 Å². The Bertz CT molecular complexity index is 250. The van der Waals surface area contributed by atoms with E-state index < -0.39 is 13.8 Å². The summed E-state index contributed by atoms with van der Waals surface area (Å²) in [5.41, 5.74) is 0. The molecule has 0 aliphatic heterocycles. The average Bonchev–Trinajstić information content (AvgIpc) is 2.25. The molecule has 0 spiro atoms. The Morgan fingerprint density at radius 2 is 1.05 bits per heavy atom. The van der Waals surface area contributed by atoms with Gasteiger partial charge in [-0.05, 0) is 41.5 Å². The number of halogens is 1. The quantitative estimate of drug-likeness (QED) is 0.291. The molecular formula is C13H34BrN4O2P. The number of ether oxygens (including phenoxy) is 2. The largest absolute Gasteiger partial charge is 1.00 e. The second-order valence-corrected chi connectivity index (χ2v) is 8.33. The van der Waals surface area contributed by atoms with E-state index in [1.807, 2.05) is 6.92 Å². The highest BCUT2D eigenvalue weighted by atomic mass is 79.9. The van der Waals surface area contributed by atoms with Crippen molar-refractivity contribution in [1.29, 1.82) is 0 Å². The lowest BCUT2D eigenvalue weighted by Crippen LogP contribution is -3.00. The Kier molecular flexibility index (Phi) is 11.9. The van der Waals surface area contributed by atoms with E-state index in [0.717, 1.165) is 0 Å². The van der Waals surface area contributed by atoms with Crippen molar-refractivity contribution in [3.63, 3.8) is 0 Å². The van der Waals surface area contributed by atoms with Crippen LogP contribution in [0.15, 0.2) is 0 Å². The highest BCUT2D eigenvalue weighted by Gasteiger charge is 2.48. The van der Waals surface area contributed by atoms with E-state index in [4.69, 9.17) is 9.47 Å². The minimum atomic E-state index is -2.07. The standard InChI is InChI=1S/C13H34N4O2P.BrH/c1-10(2)14-20(15-11(3)4,16-12(5)6)17-13(7,18-8)19-9;/h10-12,14-17H,1-9H3;1H/q+1;/p-1. The summed E-state index contributed by atoms with van der Waals surface area (Å²) in [7, 11) is 1.19. The van der Waals surface area contributed by atoms with Crippen LogP contribution in [-0.4, -0.2) is 38.3 Å². The Morgan fingerprint density at radius 1 is 0.762 bits per heavy atom. The summed E-state index contributed by atoms with van der Waals surface area (Å²) in [5, 5.41) is 14.3. The molecule has 130 valence electrons. The lowest BCUT2D eigenvalue weighted by atomic mass is 10.4. The van der Waals surface area contributed by atoms with Crippen LogP contribution in [0.2, 0.25) is 0 Å². The second-order valence-electron chi connectivity index (χ2n) is 5.99. The Balaban J connectivity index is 0. The van der Waals surface area contributed by atoms with E-state index in [0.29, 0.717) is 18.1 Å². The number of rotatable bonds is 10. The number of methoxy groups -OCH3 is 2. The summed E-state index contributed by atoms with van der Waals surface area (Å²) in [6.07, 6.45) is 0. The predicted molar refractivity (Wildman–Crippen MR) is 87.3 cm³/mol. The molecule has 0 fully saturated rings. The van der Waals surface area contributed by atoms with Gasteiger partial charge in [-0.2, -0.15) is 0 Å². The summed E-state index contributed by atoms with van der Waals surface area (Å²) in [5.74, 6) is -0.862. The SMILES string of the molecule is COC(C)(N[P+](NC(C)C)(NC(C)C)NC(C)C)OC.[Br-]. The maximum Gasteiger partial charge on any atom is 0.303 e. The summed E-state index contributed by atoms with van der Waals surface area (Å²) in [6, 6.07) is 0.934. The monoisotopic (exact) mass is 388 g/mol. The highest BCUT2D eigenvalue weighted by Crippen LogP contribution is 2.45. The zero-order valence-corrected chi connectivity index (χ0v) is 17.4. The van der Waals surface area contributed by atoms with Gasteiger partial charge in [-0.1, -0.05) is 5.09 Å². The van der Waals surface area contributed by atoms with Gasteiger partial charge in [0.2, 0.25) is 0 Å². The molecule has 0 radical (unpaired) electrons. The molecular weight excluding hydrogens is 355 g/mol. The fraction of sp³-hybridized carbons (Fsp3) is 1.00. The van der Waals surface area contributed by atoms with E-state index in [-0.39, 0.29) is 17.0 Å². The molecule has 0 aromatic carbocycles. The van der Waals surface area contributed by atoms with Crippen molar-refractivity contribution in [2.45, 2.75) is 72.5 Å². The van der Waals surface area contributed by atoms with Crippen molar-refractivity contribution < 1.29 is 26.5 Å². The van der Waals surface area contributed by atoms with E-state index in [9.17, 15) is 0 Å². The van der Waals surface area contributed by atoms with E-state index in [1.165, 1.54) is 0 Å². The lowest BCUT2D eigenvalue weighted by Gasteiger charge is -2.37. The molecule has 0 atom stereocenters. The zero-order chi connectivity index (χ0) is 16.0. The van der Waals surface area contributed by atoms with Crippen LogP contribution in [0.1, 0.15) is 48.5 Å². The maximum absolute atomic E-state index is 5.46. The zero-order valence-electron chi connectivity index (χ0n) is 14.9. The van der Waals surface area contributed by atoms with Crippen molar-refractivity contribution >= 4 is 7.87 Å².